The van der Waals surface area contributed by atoms with Gasteiger partial charge < -0.3 is 10.1 Å². The molecule has 0 N–H and O–H groups in total. The van der Waals surface area contributed by atoms with Crippen molar-refractivity contribution < 1.29 is 13.7 Å². The fraction of sp³-hybridized carbons (Fsp3) is 0.286. The van der Waals surface area contributed by atoms with Crippen LogP contribution in [0.2, 0.25) is 0 Å². The minimum Gasteiger partial charge on any atom is -0.358 e. The molecule has 15 heavy (non-hydrogen) atoms. The molecule has 0 spiro atoms. The summed E-state index contributed by atoms with van der Waals surface area (Å²) in [6, 6.07) is 1.24. The van der Waals surface area contributed by atoms with Gasteiger partial charge in [-0.3, -0.25) is 0 Å². The Morgan fingerprint density at radius 1 is 1.67 bits per heavy atom. The molecule has 1 heterocycles. The minimum absolute atomic E-state index is 0.0603. The van der Waals surface area contributed by atoms with E-state index in [4.69, 9.17) is 11.6 Å². The number of rotatable bonds is 3. The number of nitrogens with zero attached hydrogens (tertiary/aromatic N) is 2. The Labute approximate surface area is 96.5 Å². The molecule has 1 aromatic heterocycles. The van der Waals surface area contributed by atoms with Gasteiger partial charge in [0.05, 0.1) is 5.88 Å². The van der Waals surface area contributed by atoms with Crippen LogP contribution in [0.1, 0.15) is 17.7 Å². The van der Waals surface area contributed by atoms with Crippen molar-refractivity contribution >= 4 is 33.3 Å². The van der Waals surface area contributed by atoms with Crippen LogP contribution in [0.15, 0.2) is 10.5 Å². The first-order valence-corrected chi connectivity index (χ1v) is 4.98. The summed E-state index contributed by atoms with van der Waals surface area (Å²) in [5.74, 6) is -0.946. The maximum atomic E-state index is 12.5. The van der Waals surface area contributed by atoms with E-state index in [1.54, 1.807) is 0 Å². The zero-order valence-corrected chi connectivity index (χ0v) is 9.43. The van der Waals surface area contributed by atoms with Crippen molar-refractivity contribution in [3.8, 4) is 0 Å². The van der Waals surface area contributed by atoms with Gasteiger partial charge >= 0.3 is 5.82 Å². The van der Waals surface area contributed by atoms with Crippen molar-refractivity contribution in [1.29, 1.82) is 0 Å². The first-order valence-electron chi connectivity index (χ1n) is 3.65. The number of nitro groups is 1. The molecule has 0 bridgehead atoms. The van der Waals surface area contributed by atoms with Crippen molar-refractivity contribution in [1.82, 2.24) is 4.98 Å². The number of alkyl halides is 3. The minimum atomic E-state index is -2.96. The Hall–Kier alpha value is -0.820. The third-order valence-corrected chi connectivity index (χ3v) is 2.50. The van der Waals surface area contributed by atoms with Gasteiger partial charge in [0.15, 0.2) is 5.69 Å². The van der Waals surface area contributed by atoms with E-state index >= 15 is 0 Å². The van der Waals surface area contributed by atoms with Gasteiger partial charge in [-0.15, -0.1) is 11.6 Å². The highest BCUT2D eigenvalue weighted by molar-refractivity contribution is 9.10. The van der Waals surface area contributed by atoms with Crippen molar-refractivity contribution in [2.24, 2.45) is 0 Å². The maximum Gasteiger partial charge on any atom is 0.373 e. The standard InChI is InChI=1S/C7H4BrClF2N2O2/c8-4-1-3(2-9)12-7(13(14)15)5(4)6(10)11/h1,6H,2H2. The average Bonchev–Trinajstić information content (AvgIpc) is 2.15. The van der Waals surface area contributed by atoms with Crippen molar-refractivity contribution in [3.05, 3.63) is 31.9 Å². The fourth-order valence-corrected chi connectivity index (χ4v) is 1.72. The lowest BCUT2D eigenvalue weighted by Crippen LogP contribution is -2.02. The number of aromatic nitrogens is 1. The third kappa shape index (κ3) is 2.60. The smallest absolute Gasteiger partial charge is 0.358 e. The lowest BCUT2D eigenvalue weighted by Gasteiger charge is -2.04. The lowest BCUT2D eigenvalue weighted by molar-refractivity contribution is -0.391. The Kier molecular flexibility index (Phi) is 3.92. The average molecular weight is 301 g/mol. The molecule has 0 unspecified atom stereocenters. The van der Waals surface area contributed by atoms with Gasteiger partial charge in [-0.05, 0) is 25.8 Å². The molecule has 8 heteroatoms. The third-order valence-electron chi connectivity index (χ3n) is 1.57. The van der Waals surface area contributed by atoms with E-state index in [-0.39, 0.29) is 16.0 Å². The summed E-state index contributed by atoms with van der Waals surface area (Å²) in [4.78, 5) is 13.0. The predicted molar refractivity (Wildman–Crippen MR) is 53.1 cm³/mol. The van der Waals surface area contributed by atoms with Crippen LogP contribution in [0.25, 0.3) is 0 Å². The highest BCUT2D eigenvalue weighted by Crippen LogP contribution is 2.34. The Bertz CT molecular complexity index is 403. The van der Waals surface area contributed by atoms with E-state index in [0.29, 0.717) is 0 Å². The van der Waals surface area contributed by atoms with E-state index in [9.17, 15) is 18.9 Å². The summed E-state index contributed by atoms with van der Waals surface area (Å²) in [7, 11) is 0. The number of halogens is 4. The van der Waals surface area contributed by atoms with Crippen LogP contribution in [-0.2, 0) is 5.88 Å². The highest BCUT2D eigenvalue weighted by Gasteiger charge is 2.27. The van der Waals surface area contributed by atoms with Gasteiger partial charge in [0, 0.05) is 10.5 Å². The zero-order valence-electron chi connectivity index (χ0n) is 7.08. The Balaban J connectivity index is 3.42. The Morgan fingerprint density at radius 3 is 2.67 bits per heavy atom. The zero-order chi connectivity index (χ0) is 11.6. The van der Waals surface area contributed by atoms with E-state index in [1.165, 1.54) is 6.07 Å². The highest BCUT2D eigenvalue weighted by atomic mass is 79.9. The predicted octanol–water partition coefficient (Wildman–Crippen LogP) is 3.43. The quantitative estimate of drug-likeness (QED) is 0.488. The lowest BCUT2D eigenvalue weighted by atomic mass is 10.2. The van der Waals surface area contributed by atoms with E-state index < -0.39 is 22.7 Å². The van der Waals surface area contributed by atoms with Gasteiger partial charge in [0.1, 0.15) is 5.56 Å². The maximum absolute atomic E-state index is 12.5. The summed E-state index contributed by atoms with van der Waals surface area (Å²) in [6.45, 7) is 0. The van der Waals surface area contributed by atoms with Crippen LogP contribution in [-0.4, -0.2) is 9.91 Å². The molecule has 82 valence electrons. The molecule has 1 aromatic rings. The number of hydrogen-bond acceptors (Lipinski definition) is 3. The molecule has 0 fully saturated rings. The summed E-state index contributed by atoms with van der Waals surface area (Å²) < 4.78 is 24.9. The molecule has 1 rings (SSSR count). The second-order valence-electron chi connectivity index (χ2n) is 2.52. The van der Waals surface area contributed by atoms with E-state index in [2.05, 4.69) is 20.9 Å². The SMILES string of the molecule is O=[N+]([O-])c1nc(CCl)cc(Br)c1C(F)F. The second-order valence-corrected chi connectivity index (χ2v) is 3.65. The topological polar surface area (TPSA) is 56.0 Å². The van der Waals surface area contributed by atoms with Crippen LogP contribution in [0.5, 0.6) is 0 Å². The number of hydrogen-bond donors (Lipinski definition) is 0. The van der Waals surface area contributed by atoms with Crippen LogP contribution in [0.4, 0.5) is 14.6 Å². The van der Waals surface area contributed by atoms with Crippen LogP contribution < -0.4 is 0 Å². The monoisotopic (exact) mass is 300 g/mol. The molecule has 0 aromatic carbocycles. The number of pyridine rings is 1. The Morgan fingerprint density at radius 2 is 2.27 bits per heavy atom. The van der Waals surface area contributed by atoms with Crippen LogP contribution in [0.3, 0.4) is 0 Å². The molecule has 4 nitrogen and oxygen atoms in total. The van der Waals surface area contributed by atoms with E-state index in [1.807, 2.05) is 0 Å². The molecular weight excluding hydrogens is 297 g/mol. The second kappa shape index (κ2) is 4.80. The molecule has 0 aliphatic carbocycles. The van der Waals surface area contributed by atoms with Crippen LogP contribution in [0, 0.1) is 10.1 Å². The summed E-state index contributed by atoms with van der Waals surface area (Å²) in [6.07, 6.45) is -2.96. The largest absolute Gasteiger partial charge is 0.373 e. The molecule has 0 saturated carbocycles. The molecular formula is C7H4BrClF2N2O2. The van der Waals surface area contributed by atoms with Crippen molar-refractivity contribution in [3.63, 3.8) is 0 Å². The first-order chi connectivity index (χ1) is 6.97. The van der Waals surface area contributed by atoms with Gasteiger partial charge in [0.2, 0.25) is 0 Å². The van der Waals surface area contributed by atoms with E-state index in [0.717, 1.165) is 0 Å². The van der Waals surface area contributed by atoms with Gasteiger partial charge in [-0.1, -0.05) is 0 Å². The van der Waals surface area contributed by atoms with Crippen LogP contribution >= 0.6 is 27.5 Å². The molecule has 0 radical (unpaired) electrons. The summed E-state index contributed by atoms with van der Waals surface area (Å²) in [5, 5.41) is 10.5. The fourth-order valence-electron chi connectivity index (χ4n) is 0.969. The van der Waals surface area contributed by atoms with Crippen molar-refractivity contribution in [2.75, 3.05) is 0 Å². The molecule has 0 aliphatic rings. The summed E-state index contributed by atoms with van der Waals surface area (Å²) >= 11 is 8.24. The summed E-state index contributed by atoms with van der Waals surface area (Å²) in [5.41, 5.74) is -0.562. The molecule has 0 amide bonds. The van der Waals surface area contributed by atoms with Gasteiger partial charge in [-0.25, -0.2) is 8.78 Å². The first kappa shape index (κ1) is 12.3. The van der Waals surface area contributed by atoms with Gasteiger partial charge in [-0.2, -0.15) is 0 Å². The normalized spacial score (nSPS) is 10.7. The van der Waals surface area contributed by atoms with Crippen molar-refractivity contribution in [2.45, 2.75) is 12.3 Å². The van der Waals surface area contributed by atoms with Gasteiger partial charge in [0.25, 0.3) is 6.43 Å². The molecule has 0 aliphatic heterocycles. The molecule has 0 atom stereocenters. The molecule has 0 saturated heterocycles.